The van der Waals surface area contributed by atoms with E-state index in [-0.39, 0.29) is 12.3 Å². The van der Waals surface area contributed by atoms with Gasteiger partial charge in [0.2, 0.25) is 5.88 Å². The van der Waals surface area contributed by atoms with Crippen LogP contribution in [0, 0.1) is 5.82 Å². The molecule has 0 saturated heterocycles. The lowest BCUT2D eigenvalue weighted by molar-refractivity contribution is 0.310. The van der Waals surface area contributed by atoms with Gasteiger partial charge in [-0.2, -0.15) is 0 Å². The highest BCUT2D eigenvalue weighted by atomic mass is 35.5. The Balaban J connectivity index is 1.88. The first-order chi connectivity index (χ1) is 13.3. The van der Waals surface area contributed by atoms with Crippen LogP contribution in [-0.4, -0.2) is 45.8 Å². The van der Waals surface area contributed by atoms with Gasteiger partial charge in [-0.1, -0.05) is 17.7 Å². The largest absolute Gasteiger partial charge is 0.475 e. The predicted octanol–water partition coefficient (Wildman–Crippen LogP) is 2.16. The van der Waals surface area contributed by atoms with Crippen LogP contribution in [0.25, 0.3) is 0 Å². The Kier molecular flexibility index (Phi) is 8.01. The van der Waals surface area contributed by atoms with Crippen LogP contribution < -0.4 is 15.4 Å². The second kappa shape index (κ2) is 10.2. The molecule has 10 heteroatoms. The van der Waals surface area contributed by atoms with Crippen LogP contribution in [0.1, 0.15) is 11.1 Å². The summed E-state index contributed by atoms with van der Waals surface area (Å²) >= 11 is 5.97. The third kappa shape index (κ3) is 7.32. The fourth-order valence-electron chi connectivity index (χ4n) is 2.38. The molecule has 0 amide bonds. The van der Waals surface area contributed by atoms with Gasteiger partial charge in [0.25, 0.3) is 0 Å². The van der Waals surface area contributed by atoms with E-state index in [1.54, 1.807) is 25.4 Å². The topological polar surface area (TPSA) is 92.7 Å². The fraction of sp³-hybridized carbons (Fsp3) is 0.333. The molecule has 28 heavy (non-hydrogen) atoms. The number of nitrogens with one attached hydrogen (secondary N) is 2. The molecule has 0 aliphatic heterocycles. The van der Waals surface area contributed by atoms with Gasteiger partial charge in [0.1, 0.15) is 17.4 Å². The van der Waals surface area contributed by atoms with E-state index in [1.807, 2.05) is 0 Å². The van der Waals surface area contributed by atoms with Crippen molar-refractivity contribution in [2.75, 3.05) is 26.5 Å². The third-order valence-electron chi connectivity index (χ3n) is 3.61. The van der Waals surface area contributed by atoms with Gasteiger partial charge in [-0.25, -0.2) is 17.8 Å². The van der Waals surface area contributed by atoms with Crippen molar-refractivity contribution in [2.45, 2.75) is 12.3 Å². The molecule has 2 N–H and O–H groups in total. The number of guanidine groups is 1. The molecule has 1 aromatic carbocycles. The molecule has 0 saturated carbocycles. The second-order valence-corrected chi connectivity index (χ2v) is 8.52. The average Bonchev–Trinajstić information content (AvgIpc) is 2.63. The summed E-state index contributed by atoms with van der Waals surface area (Å²) in [5.41, 5.74) is 1.09. The number of hydrogen-bond acceptors (Lipinski definition) is 5. The van der Waals surface area contributed by atoms with Gasteiger partial charge in [-0.15, -0.1) is 0 Å². The molecular weight excluding hydrogens is 407 g/mol. The molecule has 1 heterocycles. The zero-order valence-electron chi connectivity index (χ0n) is 15.6. The van der Waals surface area contributed by atoms with Gasteiger partial charge in [0, 0.05) is 26.0 Å². The number of aliphatic imine (C=N–C) groups is 1. The van der Waals surface area contributed by atoms with E-state index in [0.717, 1.165) is 6.26 Å². The molecular formula is C18H22ClFN4O3S. The van der Waals surface area contributed by atoms with Crippen LogP contribution in [-0.2, 0) is 22.1 Å². The fourth-order valence-corrected chi connectivity index (χ4v) is 3.40. The highest BCUT2D eigenvalue weighted by Gasteiger charge is 2.11. The van der Waals surface area contributed by atoms with Crippen molar-refractivity contribution in [3.8, 4) is 5.88 Å². The van der Waals surface area contributed by atoms with Crippen molar-refractivity contribution in [3.63, 3.8) is 0 Å². The lowest BCUT2D eigenvalue weighted by Crippen LogP contribution is -2.39. The van der Waals surface area contributed by atoms with Crippen LogP contribution in [0.2, 0.25) is 5.02 Å². The Bertz CT molecular complexity index is 938. The van der Waals surface area contributed by atoms with Crippen molar-refractivity contribution >= 4 is 27.4 Å². The number of rotatable bonds is 8. The Morgan fingerprint density at radius 1 is 1.29 bits per heavy atom. The predicted molar refractivity (Wildman–Crippen MR) is 108 cm³/mol. The summed E-state index contributed by atoms with van der Waals surface area (Å²) in [5, 5.41) is 6.50. The van der Waals surface area contributed by atoms with E-state index < -0.39 is 15.7 Å². The first-order valence-electron chi connectivity index (χ1n) is 8.41. The van der Waals surface area contributed by atoms with Crippen LogP contribution in [0.5, 0.6) is 5.88 Å². The van der Waals surface area contributed by atoms with Gasteiger partial charge >= 0.3 is 0 Å². The highest BCUT2D eigenvalue weighted by Crippen LogP contribution is 2.19. The van der Waals surface area contributed by atoms with Crippen molar-refractivity contribution in [1.82, 2.24) is 15.6 Å². The number of hydrogen-bond donors (Lipinski definition) is 2. The highest BCUT2D eigenvalue weighted by molar-refractivity contribution is 7.89. The number of sulfone groups is 1. The summed E-state index contributed by atoms with van der Waals surface area (Å²) in [5.74, 6) is 0.219. The second-order valence-electron chi connectivity index (χ2n) is 5.97. The Morgan fingerprint density at radius 2 is 2.07 bits per heavy atom. The Hall–Kier alpha value is -2.39. The lowest BCUT2D eigenvalue weighted by Gasteiger charge is -2.14. The Labute approximate surface area is 168 Å². The van der Waals surface area contributed by atoms with Gasteiger partial charge in [0.05, 0.1) is 12.3 Å². The molecule has 0 aliphatic carbocycles. The van der Waals surface area contributed by atoms with Crippen molar-refractivity contribution in [2.24, 2.45) is 4.99 Å². The number of halogens is 2. The molecule has 0 bridgehead atoms. The van der Waals surface area contributed by atoms with E-state index in [2.05, 4.69) is 20.6 Å². The number of pyridine rings is 1. The van der Waals surface area contributed by atoms with Crippen LogP contribution >= 0.6 is 11.6 Å². The molecule has 0 aliphatic rings. The average molecular weight is 429 g/mol. The standard InChI is InChI=1S/C18H22ClFN4O3S/c1-21-18(23-8-9-27-17-16(19)4-3-7-22-17)24-11-14-10-15(20)6-5-13(14)12-28(2,25)26/h3-7,10H,8-9,11-12H2,1-2H3,(H2,21,23,24). The molecule has 7 nitrogen and oxygen atoms in total. The maximum atomic E-state index is 13.6. The summed E-state index contributed by atoms with van der Waals surface area (Å²) in [7, 11) is -1.64. The van der Waals surface area contributed by atoms with Crippen LogP contribution in [0.4, 0.5) is 4.39 Å². The van der Waals surface area contributed by atoms with Crippen molar-refractivity contribution in [1.29, 1.82) is 0 Å². The Morgan fingerprint density at radius 3 is 2.75 bits per heavy atom. The molecule has 0 atom stereocenters. The maximum absolute atomic E-state index is 13.6. The van der Waals surface area contributed by atoms with Gasteiger partial charge in [-0.05, 0) is 35.4 Å². The zero-order valence-corrected chi connectivity index (χ0v) is 17.1. The first-order valence-corrected chi connectivity index (χ1v) is 10.8. The summed E-state index contributed by atoms with van der Waals surface area (Å²) in [4.78, 5) is 8.10. The summed E-state index contributed by atoms with van der Waals surface area (Å²) < 4.78 is 42.2. The molecule has 2 aromatic rings. The molecule has 0 unspecified atom stereocenters. The third-order valence-corrected chi connectivity index (χ3v) is 4.74. The van der Waals surface area contributed by atoms with Gasteiger partial charge < -0.3 is 15.4 Å². The first kappa shape index (κ1) is 21.9. The van der Waals surface area contributed by atoms with Gasteiger partial charge in [0.15, 0.2) is 15.8 Å². The summed E-state index contributed by atoms with van der Waals surface area (Å²) in [6.45, 7) is 0.942. The van der Waals surface area contributed by atoms with Crippen molar-refractivity contribution in [3.05, 3.63) is 58.5 Å². The van der Waals surface area contributed by atoms with E-state index in [0.29, 0.717) is 41.1 Å². The summed E-state index contributed by atoms with van der Waals surface area (Å²) in [6.07, 6.45) is 2.73. The van der Waals surface area contributed by atoms with E-state index in [9.17, 15) is 12.8 Å². The molecule has 1 aromatic heterocycles. The maximum Gasteiger partial charge on any atom is 0.232 e. The molecule has 0 spiro atoms. The minimum absolute atomic E-state index is 0.158. The summed E-state index contributed by atoms with van der Waals surface area (Å²) in [6, 6.07) is 7.44. The smallest absolute Gasteiger partial charge is 0.232 e. The lowest BCUT2D eigenvalue weighted by atomic mass is 10.1. The van der Waals surface area contributed by atoms with E-state index in [4.69, 9.17) is 16.3 Å². The normalized spacial score (nSPS) is 11.9. The van der Waals surface area contributed by atoms with Crippen molar-refractivity contribution < 1.29 is 17.5 Å². The number of benzene rings is 1. The molecule has 152 valence electrons. The quantitative estimate of drug-likeness (QED) is 0.380. The van der Waals surface area contributed by atoms with Crippen LogP contribution in [0.3, 0.4) is 0 Å². The number of nitrogens with zero attached hydrogens (tertiary/aromatic N) is 2. The zero-order chi connectivity index (χ0) is 20.6. The minimum Gasteiger partial charge on any atom is -0.475 e. The van der Waals surface area contributed by atoms with E-state index in [1.165, 1.54) is 18.2 Å². The number of aromatic nitrogens is 1. The minimum atomic E-state index is -3.23. The number of ether oxygens (including phenoxy) is 1. The van der Waals surface area contributed by atoms with Crippen LogP contribution in [0.15, 0.2) is 41.5 Å². The molecule has 2 rings (SSSR count). The molecule has 0 radical (unpaired) electrons. The molecule has 0 fully saturated rings. The SMILES string of the molecule is CN=C(NCCOc1ncccc1Cl)NCc1cc(F)ccc1CS(C)(=O)=O. The van der Waals surface area contributed by atoms with E-state index >= 15 is 0 Å². The monoisotopic (exact) mass is 428 g/mol. The van der Waals surface area contributed by atoms with Gasteiger partial charge in [-0.3, -0.25) is 4.99 Å².